The molecule has 5 rings (SSSR count). The third-order valence-corrected chi connectivity index (χ3v) is 8.04. The molecule has 5 aromatic rings. The van der Waals surface area contributed by atoms with E-state index in [1.165, 1.54) is 31.6 Å². The molecule has 0 spiro atoms. The van der Waals surface area contributed by atoms with Crippen molar-refractivity contribution in [2.75, 3.05) is 12.4 Å². The van der Waals surface area contributed by atoms with Crippen LogP contribution in [0.4, 0.5) is 5.69 Å². The molecular formula is C28H25N5O5S. The molecule has 39 heavy (non-hydrogen) atoms. The van der Waals surface area contributed by atoms with Crippen LogP contribution < -0.4 is 10.1 Å². The Morgan fingerprint density at radius 3 is 2.44 bits per heavy atom. The van der Waals surface area contributed by atoms with Gasteiger partial charge in [0.05, 0.1) is 23.1 Å². The van der Waals surface area contributed by atoms with Gasteiger partial charge in [-0.2, -0.15) is 5.10 Å². The first-order chi connectivity index (χ1) is 18.8. The molecule has 2 N–H and O–H groups in total. The van der Waals surface area contributed by atoms with Gasteiger partial charge in [-0.25, -0.2) is 27.9 Å². The summed E-state index contributed by atoms with van der Waals surface area (Å²) in [4.78, 5) is 20.9. The first-order valence-corrected chi connectivity index (χ1v) is 13.6. The summed E-state index contributed by atoms with van der Waals surface area (Å²) in [6.45, 7) is 2.44. The van der Waals surface area contributed by atoms with Crippen LogP contribution in [0.3, 0.4) is 0 Å². The molecule has 0 unspecified atom stereocenters. The van der Waals surface area contributed by atoms with Crippen LogP contribution in [0.2, 0.25) is 0 Å². The van der Waals surface area contributed by atoms with Crippen LogP contribution in [0.1, 0.15) is 22.8 Å². The van der Waals surface area contributed by atoms with Crippen LogP contribution in [0.25, 0.3) is 22.3 Å². The molecule has 0 saturated carbocycles. The summed E-state index contributed by atoms with van der Waals surface area (Å²) < 4.78 is 33.8. The monoisotopic (exact) mass is 543 g/mol. The third kappa shape index (κ3) is 4.79. The van der Waals surface area contributed by atoms with Gasteiger partial charge in [0.15, 0.2) is 10.7 Å². The van der Waals surface area contributed by atoms with E-state index < -0.39 is 15.8 Å². The van der Waals surface area contributed by atoms with Gasteiger partial charge in [-0.05, 0) is 37.3 Å². The topological polar surface area (TPSA) is 136 Å². The summed E-state index contributed by atoms with van der Waals surface area (Å²) in [5.41, 5.74) is 2.50. The number of carboxylic acid groups (broad SMARTS) is 1. The molecule has 11 heteroatoms. The Hall–Kier alpha value is -4.77. The number of aromatic nitrogens is 4. The van der Waals surface area contributed by atoms with Gasteiger partial charge in [0.25, 0.3) is 0 Å². The largest absolute Gasteiger partial charge is 0.497 e. The number of hydrogen-bond acceptors (Lipinski definition) is 8. The van der Waals surface area contributed by atoms with Gasteiger partial charge in [0.2, 0.25) is 9.84 Å². The summed E-state index contributed by atoms with van der Waals surface area (Å²) in [5.74, 6) is -0.644. The number of benzene rings is 2. The number of carboxylic acids is 1. The van der Waals surface area contributed by atoms with Gasteiger partial charge in [-0.1, -0.05) is 36.4 Å². The van der Waals surface area contributed by atoms with Crippen molar-refractivity contribution in [1.29, 1.82) is 0 Å². The van der Waals surface area contributed by atoms with Crippen molar-refractivity contribution in [3.63, 3.8) is 0 Å². The summed E-state index contributed by atoms with van der Waals surface area (Å²) >= 11 is 0. The maximum absolute atomic E-state index is 13.5. The number of nitrogens with zero attached hydrogens (tertiary/aromatic N) is 4. The number of aryl methyl sites for hydroxylation is 1. The highest BCUT2D eigenvalue weighted by Gasteiger charge is 2.25. The van der Waals surface area contributed by atoms with Gasteiger partial charge in [-0.15, -0.1) is 0 Å². The highest BCUT2D eigenvalue weighted by molar-refractivity contribution is 7.91. The van der Waals surface area contributed by atoms with E-state index in [4.69, 9.17) is 9.84 Å². The second kappa shape index (κ2) is 10.5. The minimum Gasteiger partial charge on any atom is -0.497 e. The number of sulfone groups is 1. The summed E-state index contributed by atoms with van der Waals surface area (Å²) in [6.07, 6.45) is 2.69. The minimum atomic E-state index is -3.97. The van der Waals surface area contributed by atoms with Crippen molar-refractivity contribution in [3.05, 3.63) is 90.3 Å². The molecule has 0 aliphatic rings. The Balaban J connectivity index is 1.61. The molecule has 10 nitrogen and oxygen atoms in total. The predicted molar refractivity (Wildman–Crippen MR) is 146 cm³/mol. The fourth-order valence-electron chi connectivity index (χ4n) is 4.35. The molecule has 3 aromatic heterocycles. The zero-order chi connectivity index (χ0) is 27.6. The van der Waals surface area contributed by atoms with Crippen LogP contribution in [0, 0.1) is 0 Å². The Bertz CT molecular complexity index is 1770. The number of fused-ring (bicyclic) bond motifs is 1. The Morgan fingerprint density at radius 1 is 1.03 bits per heavy atom. The van der Waals surface area contributed by atoms with Gasteiger partial charge in [-0.3, -0.25) is 0 Å². The van der Waals surface area contributed by atoms with E-state index in [1.54, 1.807) is 28.9 Å². The normalized spacial score (nSPS) is 11.4. The molecule has 0 aliphatic carbocycles. The molecule has 198 valence electrons. The second-order valence-electron chi connectivity index (χ2n) is 8.58. The van der Waals surface area contributed by atoms with E-state index >= 15 is 0 Å². The van der Waals surface area contributed by atoms with E-state index in [2.05, 4.69) is 15.3 Å². The molecule has 0 aliphatic heterocycles. The van der Waals surface area contributed by atoms with Gasteiger partial charge >= 0.3 is 5.97 Å². The number of rotatable bonds is 9. The third-order valence-electron chi connectivity index (χ3n) is 6.27. The van der Waals surface area contributed by atoms with E-state index in [0.29, 0.717) is 40.3 Å². The zero-order valence-corrected chi connectivity index (χ0v) is 22.0. The molecule has 0 bridgehead atoms. The highest BCUT2D eigenvalue weighted by atomic mass is 32.2. The van der Waals surface area contributed by atoms with Crippen molar-refractivity contribution in [2.45, 2.75) is 29.9 Å². The lowest BCUT2D eigenvalue weighted by Gasteiger charge is -2.14. The van der Waals surface area contributed by atoms with Crippen molar-refractivity contribution >= 4 is 32.5 Å². The Labute approximate surface area is 224 Å². The summed E-state index contributed by atoms with van der Waals surface area (Å²) in [7, 11) is -2.47. The lowest BCUT2D eigenvalue weighted by molar-refractivity contribution is 0.0697. The Morgan fingerprint density at radius 2 is 1.77 bits per heavy atom. The fourth-order valence-corrected chi connectivity index (χ4v) is 5.76. The number of aromatic carboxylic acids is 1. The Kier molecular flexibility index (Phi) is 6.99. The minimum absolute atomic E-state index is 0.0104. The average molecular weight is 544 g/mol. The first kappa shape index (κ1) is 25.9. The SMILES string of the molecule is CCn1nc(-c2ccccc2)c2c(NCc3cccnc3S(=O)(=O)c3ccc(OC)cc3)c(C(=O)O)cnc21. The smallest absolute Gasteiger partial charge is 0.339 e. The number of anilines is 1. The second-order valence-corrected chi connectivity index (χ2v) is 10.4. The standard InChI is InChI=1S/C28H25N5O5S/c1-3-33-26-23(24(32-33)18-8-5-4-6-9-18)25(22(17-31-26)28(34)35)30-16-19-10-7-15-29-27(19)39(36,37)21-13-11-20(38-2)12-14-21/h4-15,17H,3,16H2,1-2H3,(H,30,31)(H,34,35). The lowest BCUT2D eigenvalue weighted by atomic mass is 10.1. The maximum Gasteiger partial charge on any atom is 0.339 e. The lowest BCUT2D eigenvalue weighted by Crippen LogP contribution is -2.13. The van der Waals surface area contributed by atoms with Crippen molar-refractivity contribution in [1.82, 2.24) is 19.7 Å². The van der Waals surface area contributed by atoms with Crippen LogP contribution in [-0.2, 0) is 22.9 Å². The van der Waals surface area contributed by atoms with Crippen LogP contribution in [-0.4, -0.2) is 46.4 Å². The van der Waals surface area contributed by atoms with Crippen LogP contribution in [0.5, 0.6) is 5.75 Å². The molecule has 0 fully saturated rings. The number of ether oxygens (including phenoxy) is 1. The number of carbonyl (C=O) groups is 1. The van der Waals surface area contributed by atoms with E-state index in [0.717, 1.165) is 5.56 Å². The first-order valence-electron chi connectivity index (χ1n) is 12.1. The van der Waals surface area contributed by atoms with E-state index in [9.17, 15) is 18.3 Å². The quantitative estimate of drug-likeness (QED) is 0.272. The van der Waals surface area contributed by atoms with Crippen molar-refractivity contribution in [2.24, 2.45) is 0 Å². The summed E-state index contributed by atoms with van der Waals surface area (Å²) in [5, 5.41) is 18.3. The number of hydrogen-bond donors (Lipinski definition) is 2. The van der Waals surface area contributed by atoms with Gasteiger partial charge in [0.1, 0.15) is 17.0 Å². The van der Waals surface area contributed by atoms with E-state index in [-0.39, 0.29) is 22.0 Å². The molecule has 0 saturated heterocycles. The molecule has 0 amide bonds. The highest BCUT2D eigenvalue weighted by Crippen LogP contribution is 2.35. The van der Waals surface area contributed by atoms with Crippen molar-refractivity contribution < 1.29 is 23.1 Å². The number of pyridine rings is 2. The van der Waals surface area contributed by atoms with Gasteiger partial charge in [0, 0.05) is 36.6 Å². The average Bonchev–Trinajstić information content (AvgIpc) is 3.35. The molecule has 0 atom stereocenters. The fraction of sp³-hybridized carbons (Fsp3) is 0.143. The maximum atomic E-state index is 13.5. The predicted octanol–water partition coefficient (Wildman–Crippen LogP) is 4.66. The number of nitrogens with one attached hydrogen (secondary N) is 1. The molecular weight excluding hydrogens is 518 g/mol. The van der Waals surface area contributed by atoms with Crippen molar-refractivity contribution in [3.8, 4) is 17.0 Å². The summed E-state index contributed by atoms with van der Waals surface area (Å²) in [6, 6.07) is 18.7. The molecule has 2 aromatic carbocycles. The molecule has 3 heterocycles. The number of methoxy groups -OCH3 is 1. The van der Waals surface area contributed by atoms with Crippen LogP contribution >= 0.6 is 0 Å². The zero-order valence-electron chi connectivity index (χ0n) is 21.2. The van der Waals surface area contributed by atoms with E-state index in [1.807, 2.05) is 37.3 Å². The van der Waals surface area contributed by atoms with Crippen LogP contribution in [0.15, 0.2) is 89.0 Å². The van der Waals surface area contributed by atoms with Gasteiger partial charge < -0.3 is 15.2 Å². The molecule has 0 radical (unpaired) electrons.